The van der Waals surface area contributed by atoms with Gasteiger partial charge in [-0.3, -0.25) is 10.1 Å². The van der Waals surface area contributed by atoms with Gasteiger partial charge in [-0.15, -0.1) is 0 Å². The number of hydrogen-bond acceptors (Lipinski definition) is 3. The molecule has 0 aromatic heterocycles. The number of nitro benzene ring substituents is 1. The second-order valence-electron chi connectivity index (χ2n) is 6.43. The lowest BCUT2D eigenvalue weighted by molar-refractivity contribution is -0.384. The Bertz CT molecular complexity index is 1100. The largest absolute Gasteiger partial charge is 0.383 e. The van der Waals surface area contributed by atoms with E-state index in [4.69, 9.17) is 5.73 Å². The van der Waals surface area contributed by atoms with Crippen molar-refractivity contribution in [1.82, 2.24) is 0 Å². The van der Waals surface area contributed by atoms with E-state index in [0.29, 0.717) is 5.84 Å². The van der Waals surface area contributed by atoms with Crippen molar-refractivity contribution in [2.45, 2.75) is 0 Å². The number of non-ortho nitro benzene ring substituents is 1. The van der Waals surface area contributed by atoms with Gasteiger partial charge in [-0.25, -0.2) is 4.99 Å². The minimum Gasteiger partial charge on any atom is -0.383 e. The molecule has 0 aliphatic heterocycles. The molecule has 5 nitrogen and oxygen atoms in total. The molecule has 0 unspecified atom stereocenters. The number of allylic oxidation sites excluding steroid dienone is 2. The number of nitro groups is 1. The number of hydrogen-bond donors (Lipinski definition) is 1. The zero-order valence-electron chi connectivity index (χ0n) is 16.3. The topological polar surface area (TPSA) is 81.5 Å². The number of nitrogens with zero attached hydrogens (tertiary/aromatic N) is 2. The number of amidine groups is 1. The molecular formula is C25H21N3O2. The molecule has 30 heavy (non-hydrogen) atoms. The van der Waals surface area contributed by atoms with Crippen LogP contribution in [0.5, 0.6) is 0 Å². The Kier molecular flexibility index (Phi) is 7.06. The van der Waals surface area contributed by atoms with Crippen LogP contribution in [0.3, 0.4) is 0 Å². The van der Waals surface area contributed by atoms with Crippen LogP contribution in [-0.2, 0) is 0 Å². The van der Waals surface area contributed by atoms with Gasteiger partial charge in [0.2, 0.25) is 0 Å². The zero-order valence-corrected chi connectivity index (χ0v) is 16.3. The predicted molar refractivity (Wildman–Crippen MR) is 124 cm³/mol. The lowest BCUT2D eigenvalue weighted by atomic mass is 10.1. The summed E-state index contributed by atoms with van der Waals surface area (Å²) in [7, 11) is 0. The maximum atomic E-state index is 10.7. The first-order valence-electron chi connectivity index (χ1n) is 9.36. The quantitative estimate of drug-likeness (QED) is 0.183. The second kappa shape index (κ2) is 10.3. The lowest BCUT2D eigenvalue weighted by Crippen LogP contribution is -2.12. The van der Waals surface area contributed by atoms with Crippen molar-refractivity contribution in [1.29, 1.82) is 0 Å². The van der Waals surface area contributed by atoms with Crippen molar-refractivity contribution in [3.8, 4) is 0 Å². The minimum atomic E-state index is -0.429. The Labute approximate surface area is 175 Å². The van der Waals surface area contributed by atoms with Crippen molar-refractivity contribution < 1.29 is 4.92 Å². The molecule has 0 atom stereocenters. The van der Waals surface area contributed by atoms with E-state index in [1.54, 1.807) is 24.4 Å². The highest BCUT2D eigenvalue weighted by Gasteiger charge is 2.02. The Hall–Kier alpha value is -4.25. The number of aliphatic imine (C=N–C) groups is 1. The van der Waals surface area contributed by atoms with Crippen LogP contribution in [0.4, 0.5) is 5.69 Å². The van der Waals surface area contributed by atoms with E-state index in [9.17, 15) is 10.1 Å². The summed E-state index contributed by atoms with van der Waals surface area (Å²) in [6.45, 7) is 0. The van der Waals surface area contributed by atoms with Crippen LogP contribution in [0.25, 0.3) is 18.2 Å². The molecule has 5 heteroatoms. The predicted octanol–water partition coefficient (Wildman–Crippen LogP) is 5.70. The summed E-state index contributed by atoms with van der Waals surface area (Å²) in [5.41, 5.74) is 9.94. The van der Waals surface area contributed by atoms with Gasteiger partial charge in [0.25, 0.3) is 5.69 Å². The van der Waals surface area contributed by atoms with Gasteiger partial charge < -0.3 is 5.73 Å². The van der Waals surface area contributed by atoms with Crippen LogP contribution in [0.15, 0.2) is 102 Å². The monoisotopic (exact) mass is 395 g/mol. The molecule has 0 saturated heterocycles. The third-order valence-corrected chi connectivity index (χ3v) is 4.28. The normalized spacial score (nSPS) is 12.2. The van der Waals surface area contributed by atoms with Crippen LogP contribution in [-0.4, -0.2) is 10.8 Å². The van der Waals surface area contributed by atoms with Crippen molar-refractivity contribution >= 4 is 29.8 Å². The van der Waals surface area contributed by atoms with Gasteiger partial charge in [0.1, 0.15) is 5.84 Å². The minimum absolute atomic E-state index is 0.0554. The number of rotatable bonds is 7. The summed E-state index contributed by atoms with van der Waals surface area (Å²) >= 11 is 0. The average molecular weight is 395 g/mol. The SMILES string of the molecule is NC(=NC=Cc1ccc([N+](=O)[O-])cc1)c1ccc(C=CC=Cc2ccccc2)cc1. The van der Waals surface area contributed by atoms with E-state index >= 15 is 0 Å². The third-order valence-electron chi connectivity index (χ3n) is 4.28. The number of benzene rings is 3. The fourth-order valence-corrected chi connectivity index (χ4v) is 2.65. The Balaban J connectivity index is 1.58. The molecule has 3 aromatic rings. The van der Waals surface area contributed by atoms with Crippen LogP contribution in [0.1, 0.15) is 22.3 Å². The summed E-state index contributed by atoms with van der Waals surface area (Å²) in [6, 6.07) is 24.1. The first-order chi connectivity index (χ1) is 14.6. The van der Waals surface area contributed by atoms with Crippen molar-refractivity contribution in [2.75, 3.05) is 0 Å². The Morgan fingerprint density at radius 1 is 0.767 bits per heavy atom. The maximum Gasteiger partial charge on any atom is 0.269 e. The molecule has 0 fully saturated rings. The molecule has 148 valence electrons. The molecule has 0 radical (unpaired) electrons. The highest BCUT2D eigenvalue weighted by atomic mass is 16.6. The van der Waals surface area contributed by atoms with E-state index in [-0.39, 0.29) is 5.69 Å². The second-order valence-corrected chi connectivity index (χ2v) is 6.43. The van der Waals surface area contributed by atoms with E-state index < -0.39 is 4.92 Å². The molecule has 0 saturated carbocycles. The lowest BCUT2D eigenvalue weighted by Gasteiger charge is -2.00. The summed E-state index contributed by atoms with van der Waals surface area (Å²) in [6.07, 6.45) is 11.4. The van der Waals surface area contributed by atoms with Gasteiger partial charge in [0, 0.05) is 23.9 Å². The Morgan fingerprint density at radius 3 is 1.90 bits per heavy atom. The molecule has 3 aromatic carbocycles. The first-order valence-corrected chi connectivity index (χ1v) is 9.36. The summed E-state index contributed by atoms with van der Waals surface area (Å²) in [5.74, 6) is 0.396. The van der Waals surface area contributed by atoms with Crippen LogP contribution < -0.4 is 5.73 Å². The molecule has 0 aliphatic rings. The molecule has 0 bridgehead atoms. The van der Waals surface area contributed by atoms with E-state index in [0.717, 1.165) is 22.3 Å². The molecule has 0 amide bonds. The molecule has 0 heterocycles. The average Bonchev–Trinajstić information content (AvgIpc) is 2.78. The molecule has 0 aliphatic carbocycles. The van der Waals surface area contributed by atoms with Crippen LogP contribution in [0, 0.1) is 10.1 Å². The zero-order chi connectivity index (χ0) is 21.2. The van der Waals surface area contributed by atoms with Crippen LogP contribution in [0.2, 0.25) is 0 Å². The van der Waals surface area contributed by atoms with Gasteiger partial charge in [-0.1, -0.05) is 78.9 Å². The maximum absolute atomic E-state index is 10.7. The fraction of sp³-hybridized carbons (Fsp3) is 0. The smallest absolute Gasteiger partial charge is 0.269 e. The summed E-state index contributed by atoms with van der Waals surface area (Å²) in [5, 5.41) is 10.7. The molecule has 0 spiro atoms. The molecular weight excluding hydrogens is 374 g/mol. The van der Waals surface area contributed by atoms with Crippen molar-refractivity contribution in [3.63, 3.8) is 0 Å². The van der Waals surface area contributed by atoms with Crippen LogP contribution >= 0.6 is 0 Å². The highest BCUT2D eigenvalue weighted by molar-refractivity contribution is 5.98. The van der Waals surface area contributed by atoms with E-state index in [2.05, 4.69) is 17.1 Å². The number of nitrogens with two attached hydrogens (primary N) is 1. The summed E-state index contributed by atoms with van der Waals surface area (Å²) < 4.78 is 0. The summed E-state index contributed by atoms with van der Waals surface area (Å²) in [4.78, 5) is 14.5. The molecule has 3 rings (SSSR count). The Morgan fingerprint density at radius 2 is 1.30 bits per heavy atom. The van der Waals surface area contributed by atoms with Gasteiger partial charge in [0.15, 0.2) is 0 Å². The van der Waals surface area contributed by atoms with Gasteiger partial charge >= 0.3 is 0 Å². The fourth-order valence-electron chi connectivity index (χ4n) is 2.65. The first kappa shape index (κ1) is 20.5. The van der Waals surface area contributed by atoms with Gasteiger partial charge in [0.05, 0.1) is 4.92 Å². The molecule has 2 N–H and O–H groups in total. The third kappa shape index (κ3) is 6.14. The van der Waals surface area contributed by atoms with E-state index in [1.807, 2.05) is 66.8 Å². The van der Waals surface area contributed by atoms with E-state index in [1.165, 1.54) is 12.1 Å². The van der Waals surface area contributed by atoms with Crippen molar-refractivity contribution in [2.24, 2.45) is 10.7 Å². The van der Waals surface area contributed by atoms with Gasteiger partial charge in [-0.2, -0.15) is 0 Å². The van der Waals surface area contributed by atoms with Crippen molar-refractivity contribution in [3.05, 3.63) is 130 Å². The highest BCUT2D eigenvalue weighted by Crippen LogP contribution is 2.13. The standard InChI is InChI=1S/C25H21N3O2/c26-25(27-19-18-22-12-16-24(17-13-22)28(29)30)23-14-10-21(11-15-23)9-5-4-8-20-6-2-1-3-7-20/h1-19H,(H2,26,27). The van der Waals surface area contributed by atoms with Gasteiger partial charge in [-0.05, 0) is 34.9 Å².